The fourth-order valence-corrected chi connectivity index (χ4v) is 2.04. The van der Waals surface area contributed by atoms with Crippen LogP contribution in [0.15, 0.2) is 24.8 Å². The Labute approximate surface area is 110 Å². The van der Waals surface area contributed by atoms with E-state index >= 15 is 0 Å². The van der Waals surface area contributed by atoms with Gasteiger partial charge in [-0.2, -0.15) is 0 Å². The van der Waals surface area contributed by atoms with Crippen molar-refractivity contribution in [3.05, 3.63) is 24.8 Å². The first-order chi connectivity index (χ1) is 8.83. The highest BCUT2D eigenvalue weighted by Crippen LogP contribution is 2.15. The summed E-state index contributed by atoms with van der Waals surface area (Å²) in [7, 11) is 0. The number of nitrogens with one attached hydrogen (secondary N) is 1. The Morgan fingerprint density at radius 1 is 1.33 bits per heavy atom. The van der Waals surface area contributed by atoms with Crippen LogP contribution in [0.2, 0.25) is 0 Å². The van der Waals surface area contributed by atoms with E-state index in [9.17, 15) is 4.79 Å². The van der Waals surface area contributed by atoms with Crippen LogP contribution in [0.1, 0.15) is 51.4 Å². The largest absolute Gasteiger partial charge is 0.446 e. The molecule has 0 aliphatic heterocycles. The van der Waals surface area contributed by atoms with E-state index in [1.807, 2.05) is 6.08 Å². The van der Waals surface area contributed by atoms with Gasteiger partial charge in [-0.05, 0) is 51.4 Å². The van der Waals surface area contributed by atoms with Crippen LogP contribution in [0.4, 0.5) is 4.79 Å². The summed E-state index contributed by atoms with van der Waals surface area (Å²) in [6.45, 7) is 4.36. The molecule has 0 radical (unpaired) electrons. The molecule has 0 aromatic heterocycles. The number of carbonyl (C=O) groups is 1. The Hall–Kier alpha value is -1.25. The van der Waals surface area contributed by atoms with Gasteiger partial charge in [0.2, 0.25) is 0 Å². The molecular weight excluding hydrogens is 226 g/mol. The van der Waals surface area contributed by atoms with Crippen molar-refractivity contribution >= 4 is 6.09 Å². The number of unbranched alkanes of at least 4 members (excludes halogenated alkanes) is 2. The van der Waals surface area contributed by atoms with Gasteiger partial charge in [0.15, 0.2) is 0 Å². The van der Waals surface area contributed by atoms with E-state index in [0.29, 0.717) is 6.54 Å². The molecule has 3 heteroatoms. The molecule has 3 nitrogen and oxygen atoms in total. The molecule has 0 bridgehead atoms. The highest BCUT2D eigenvalue weighted by Gasteiger charge is 2.13. The lowest BCUT2D eigenvalue weighted by molar-refractivity contribution is 0.0863. The van der Waals surface area contributed by atoms with Crippen LogP contribution in [0.25, 0.3) is 0 Å². The first-order valence-corrected chi connectivity index (χ1v) is 7.03. The van der Waals surface area contributed by atoms with E-state index in [2.05, 4.69) is 24.0 Å². The Morgan fingerprint density at radius 2 is 2.17 bits per heavy atom. The summed E-state index contributed by atoms with van der Waals surface area (Å²) >= 11 is 0. The molecule has 1 amide bonds. The molecule has 1 aliphatic rings. The highest BCUT2D eigenvalue weighted by molar-refractivity contribution is 5.67. The number of hydrogen-bond donors (Lipinski definition) is 1. The molecule has 102 valence electrons. The van der Waals surface area contributed by atoms with E-state index in [1.165, 1.54) is 0 Å². The Kier molecular flexibility index (Phi) is 8.02. The van der Waals surface area contributed by atoms with Gasteiger partial charge >= 0.3 is 6.09 Å². The van der Waals surface area contributed by atoms with Gasteiger partial charge in [0, 0.05) is 6.54 Å². The van der Waals surface area contributed by atoms with Crippen LogP contribution >= 0.6 is 0 Å². The smallest absolute Gasteiger partial charge is 0.407 e. The third-order valence-electron chi connectivity index (χ3n) is 3.10. The van der Waals surface area contributed by atoms with Crippen molar-refractivity contribution in [2.75, 3.05) is 6.54 Å². The number of allylic oxidation sites excluding steroid dienone is 3. The maximum absolute atomic E-state index is 11.6. The quantitative estimate of drug-likeness (QED) is 0.573. The van der Waals surface area contributed by atoms with E-state index in [4.69, 9.17) is 4.74 Å². The van der Waals surface area contributed by atoms with Crippen molar-refractivity contribution in [3.63, 3.8) is 0 Å². The molecule has 0 heterocycles. The summed E-state index contributed by atoms with van der Waals surface area (Å²) in [5.74, 6) is 0. The van der Waals surface area contributed by atoms with Crippen molar-refractivity contribution in [3.8, 4) is 0 Å². The second kappa shape index (κ2) is 9.75. The SMILES string of the molecule is C=CCCCCNC(=O)OC1CC/C=C/CCC1. The summed E-state index contributed by atoms with van der Waals surface area (Å²) in [4.78, 5) is 11.6. The minimum Gasteiger partial charge on any atom is -0.446 e. The third-order valence-corrected chi connectivity index (χ3v) is 3.10. The number of alkyl carbamates (subject to hydrolysis) is 1. The van der Waals surface area contributed by atoms with Crippen LogP contribution in [0.3, 0.4) is 0 Å². The van der Waals surface area contributed by atoms with Gasteiger partial charge in [-0.25, -0.2) is 4.79 Å². The molecule has 0 saturated heterocycles. The third kappa shape index (κ3) is 7.15. The van der Waals surface area contributed by atoms with E-state index in [0.717, 1.165) is 51.4 Å². The van der Waals surface area contributed by atoms with Crippen LogP contribution in [0.5, 0.6) is 0 Å². The van der Waals surface area contributed by atoms with E-state index in [1.54, 1.807) is 0 Å². The zero-order valence-electron chi connectivity index (χ0n) is 11.2. The average molecular weight is 251 g/mol. The van der Waals surface area contributed by atoms with Crippen molar-refractivity contribution in [1.82, 2.24) is 5.32 Å². The van der Waals surface area contributed by atoms with Gasteiger partial charge in [0.05, 0.1) is 0 Å². The summed E-state index contributed by atoms with van der Waals surface area (Å²) in [6, 6.07) is 0. The zero-order chi connectivity index (χ0) is 13.1. The lowest BCUT2D eigenvalue weighted by atomic mass is 10.0. The summed E-state index contributed by atoms with van der Waals surface area (Å²) in [5, 5.41) is 2.81. The van der Waals surface area contributed by atoms with Gasteiger partial charge in [-0.15, -0.1) is 6.58 Å². The second-order valence-corrected chi connectivity index (χ2v) is 4.72. The molecule has 1 atom stereocenters. The maximum atomic E-state index is 11.6. The van der Waals surface area contributed by atoms with Crippen molar-refractivity contribution in [2.45, 2.75) is 57.5 Å². The first-order valence-electron chi connectivity index (χ1n) is 7.03. The molecule has 1 unspecified atom stereocenters. The normalized spacial score (nSPS) is 21.4. The van der Waals surface area contributed by atoms with Crippen LogP contribution < -0.4 is 5.32 Å². The average Bonchev–Trinajstić information content (AvgIpc) is 2.32. The van der Waals surface area contributed by atoms with Crippen LogP contribution in [-0.4, -0.2) is 18.7 Å². The standard InChI is InChI=1S/C15H25NO2/c1-2-3-4-10-13-16-15(17)18-14-11-8-6-5-7-9-12-14/h2,5-6,14H,1,3-4,7-13H2,(H,16,17)/b6-5+. The fourth-order valence-electron chi connectivity index (χ4n) is 2.04. The molecular formula is C15H25NO2. The van der Waals surface area contributed by atoms with Crippen LogP contribution in [-0.2, 0) is 4.74 Å². The Morgan fingerprint density at radius 3 is 3.00 bits per heavy atom. The first kappa shape index (κ1) is 14.8. The van der Waals surface area contributed by atoms with Crippen molar-refractivity contribution in [1.29, 1.82) is 0 Å². The molecule has 1 N–H and O–H groups in total. The zero-order valence-corrected chi connectivity index (χ0v) is 11.2. The minimum atomic E-state index is -0.261. The van der Waals surface area contributed by atoms with E-state index in [-0.39, 0.29) is 12.2 Å². The number of rotatable bonds is 6. The highest BCUT2D eigenvalue weighted by atomic mass is 16.6. The topological polar surface area (TPSA) is 38.3 Å². The molecule has 1 rings (SSSR count). The molecule has 0 saturated carbocycles. The molecule has 18 heavy (non-hydrogen) atoms. The summed E-state index contributed by atoms with van der Waals surface area (Å²) < 4.78 is 5.43. The number of amides is 1. The Bertz CT molecular complexity index is 274. The molecule has 0 aromatic carbocycles. The predicted molar refractivity (Wildman–Crippen MR) is 74.5 cm³/mol. The summed E-state index contributed by atoms with van der Waals surface area (Å²) in [5.41, 5.74) is 0. The van der Waals surface area contributed by atoms with Gasteiger partial charge in [-0.1, -0.05) is 18.2 Å². The molecule has 0 fully saturated rings. The van der Waals surface area contributed by atoms with Gasteiger partial charge in [0.25, 0.3) is 0 Å². The van der Waals surface area contributed by atoms with Gasteiger partial charge in [-0.3, -0.25) is 0 Å². The van der Waals surface area contributed by atoms with Gasteiger partial charge in [0.1, 0.15) is 6.10 Å². The predicted octanol–water partition coefficient (Wildman–Crippen LogP) is 3.96. The summed E-state index contributed by atoms with van der Waals surface area (Å²) in [6.07, 6.45) is 14.3. The van der Waals surface area contributed by atoms with Crippen molar-refractivity contribution in [2.24, 2.45) is 0 Å². The fraction of sp³-hybridized carbons (Fsp3) is 0.667. The lowest BCUT2D eigenvalue weighted by Gasteiger charge is -2.18. The van der Waals surface area contributed by atoms with Crippen molar-refractivity contribution < 1.29 is 9.53 Å². The number of carbonyl (C=O) groups excluding carboxylic acids is 1. The van der Waals surface area contributed by atoms with Gasteiger partial charge < -0.3 is 10.1 Å². The monoisotopic (exact) mass is 251 g/mol. The molecule has 1 aliphatic carbocycles. The van der Waals surface area contributed by atoms with Crippen LogP contribution in [0, 0.1) is 0 Å². The van der Waals surface area contributed by atoms with E-state index < -0.39 is 0 Å². The Balaban J connectivity index is 2.10. The minimum absolute atomic E-state index is 0.0862. The number of ether oxygens (including phenoxy) is 1. The molecule has 0 spiro atoms. The maximum Gasteiger partial charge on any atom is 0.407 e. The number of hydrogen-bond acceptors (Lipinski definition) is 2. The second-order valence-electron chi connectivity index (χ2n) is 4.72. The molecule has 0 aromatic rings. The lowest BCUT2D eigenvalue weighted by Crippen LogP contribution is -2.30.